The average Bonchev–Trinajstić information content (AvgIpc) is 2.47. The fourth-order valence-electron chi connectivity index (χ4n) is 1.84. The lowest BCUT2D eigenvalue weighted by molar-refractivity contribution is -0.383. The second-order valence-corrected chi connectivity index (χ2v) is 4.12. The van der Waals surface area contributed by atoms with Crippen LogP contribution < -0.4 is 10.1 Å². The van der Waals surface area contributed by atoms with Crippen LogP contribution in [0.4, 0.5) is 17.1 Å². The van der Waals surface area contributed by atoms with Gasteiger partial charge < -0.3 is 15.2 Å². The molecule has 0 aliphatic rings. The van der Waals surface area contributed by atoms with Crippen LogP contribution in [0, 0.1) is 10.1 Å². The second-order valence-electron chi connectivity index (χ2n) is 4.12. The van der Waals surface area contributed by atoms with E-state index in [4.69, 9.17) is 9.84 Å². The summed E-state index contributed by atoms with van der Waals surface area (Å²) in [6.07, 6.45) is 0. The average molecular weight is 288 g/mol. The molecule has 2 aromatic rings. The fourth-order valence-corrected chi connectivity index (χ4v) is 1.84. The summed E-state index contributed by atoms with van der Waals surface area (Å²) in [4.78, 5) is 21.5. The summed E-state index contributed by atoms with van der Waals surface area (Å²) in [7, 11) is 1.36. The van der Waals surface area contributed by atoms with Gasteiger partial charge >= 0.3 is 5.97 Å². The van der Waals surface area contributed by atoms with Crippen molar-refractivity contribution in [3.63, 3.8) is 0 Å². The Morgan fingerprint density at radius 2 is 2.00 bits per heavy atom. The number of hydrogen-bond acceptors (Lipinski definition) is 5. The number of hydrogen-bond donors (Lipinski definition) is 2. The first kappa shape index (κ1) is 14.3. The molecule has 7 heteroatoms. The van der Waals surface area contributed by atoms with Crippen molar-refractivity contribution in [2.24, 2.45) is 0 Å². The summed E-state index contributed by atoms with van der Waals surface area (Å²) in [6.45, 7) is 0. The number of aromatic carboxylic acids is 1. The van der Waals surface area contributed by atoms with Crippen LogP contribution in [0.25, 0.3) is 0 Å². The first-order valence-electron chi connectivity index (χ1n) is 5.94. The number of rotatable bonds is 5. The van der Waals surface area contributed by atoms with Crippen molar-refractivity contribution >= 4 is 23.0 Å². The Morgan fingerprint density at radius 3 is 2.62 bits per heavy atom. The minimum atomic E-state index is -1.11. The molecule has 7 nitrogen and oxygen atoms in total. The van der Waals surface area contributed by atoms with E-state index >= 15 is 0 Å². The van der Waals surface area contributed by atoms with E-state index in [1.54, 1.807) is 18.2 Å². The van der Waals surface area contributed by atoms with Crippen LogP contribution >= 0.6 is 0 Å². The van der Waals surface area contributed by atoms with Crippen LogP contribution in [0.2, 0.25) is 0 Å². The van der Waals surface area contributed by atoms with Gasteiger partial charge in [0.25, 0.3) is 5.69 Å². The highest BCUT2D eigenvalue weighted by Crippen LogP contribution is 2.30. The Hall–Kier alpha value is -3.09. The molecule has 0 spiro atoms. The predicted octanol–water partition coefficient (Wildman–Crippen LogP) is 3.05. The van der Waals surface area contributed by atoms with E-state index in [2.05, 4.69) is 5.32 Å². The van der Waals surface area contributed by atoms with Gasteiger partial charge in [-0.1, -0.05) is 12.1 Å². The number of methoxy groups -OCH3 is 1. The SMILES string of the molecule is COc1cc(Nc2ccccc2[N+](=O)[O-])ccc1C(=O)O. The normalized spacial score (nSPS) is 9.95. The van der Waals surface area contributed by atoms with Crippen LogP contribution in [0.5, 0.6) is 5.75 Å². The monoisotopic (exact) mass is 288 g/mol. The number of nitro benzene ring substituents is 1. The maximum atomic E-state index is 11.0. The summed E-state index contributed by atoms with van der Waals surface area (Å²) in [5.74, 6) is -0.935. The summed E-state index contributed by atoms with van der Waals surface area (Å²) in [5.41, 5.74) is 0.753. The number of ether oxygens (including phenoxy) is 1. The Bertz CT molecular complexity index is 700. The van der Waals surface area contributed by atoms with Gasteiger partial charge in [0.1, 0.15) is 17.0 Å². The lowest BCUT2D eigenvalue weighted by Crippen LogP contribution is -2.02. The topological polar surface area (TPSA) is 102 Å². The zero-order chi connectivity index (χ0) is 15.4. The van der Waals surface area contributed by atoms with Gasteiger partial charge in [0, 0.05) is 17.8 Å². The van der Waals surface area contributed by atoms with Gasteiger partial charge in [-0.2, -0.15) is 0 Å². The number of carboxylic acids is 1. The van der Waals surface area contributed by atoms with Crippen molar-refractivity contribution in [1.82, 2.24) is 0 Å². The van der Waals surface area contributed by atoms with E-state index in [0.717, 1.165) is 0 Å². The van der Waals surface area contributed by atoms with E-state index in [-0.39, 0.29) is 17.0 Å². The third-order valence-corrected chi connectivity index (χ3v) is 2.81. The van der Waals surface area contributed by atoms with E-state index in [1.807, 2.05) is 0 Å². The van der Waals surface area contributed by atoms with Crippen molar-refractivity contribution in [2.45, 2.75) is 0 Å². The van der Waals surface area contributed by atoms with Crippen LogP contribution in [0.3, 0.4) is 0 Å². The molecule has 0 saturated heterocycles. The van der Waals surface area contributed by atoms with Gasteiger partial charge in [0.15, 0.2) is 0 Å². The highest BCUT2D eigenvalue weighted by atomic mass is 16.6. The van der Waals surface area contributed by atoms with E-state index < -0.39 is 10.9 Å². The maximum absolute atomic E-state index is 11.0. The van der Waals surface area contributed by atoms with Crippen molar-refractivity contribution in [3.05, 3.63) is 58.1 Å². The smallest absolute Gasteiger partial charge is 0.339 e. The lowest BCUT2D eigenvalue weighted by atomic mass is 10.1. The van der Waals surface area contributed by atoms with Crippen molar-refractivity contribution in [1.29, 1.82) is 0 Å². The molecule has 2 rings (SSSR count). The number of benzene rings is 2. The Balaban J connectivity index is 2.37. The van der Waals surface area contributed by atoms with Gasteiger partial charge in [-0.15, -0.1) is 0 Å². The first-order valence-corrected chi connectivity index (χ1v) is 5.94. The molecule has 0 aromatic heterocycles. The number of nitrogens with one attached hydrogen (secondary N) is 1. The third-order valence-electron chi connectivity index (χ3n) is 2.81. The molecule has 0 atom stereocenters. The zero-order valence-electron chi connectivity index (χ0n) is 11.1. The number of para-hydroxylation sites is 2. The zero-order valence-corrected chi connectivity index (χ0v) is 11.1. The van der Waals surface area contributed by atoms with Gasteiger partial charge in [0.05, 0.1) is 12.0 Å². The lowest BCUT2D eigenvalue weighted by Gasteiger charge is -2.10. The van der Waals surface area contributed by atoms with Gasteiger partial charge in [0.2, 0.25) is 0 Å². The Morgan fingerprint density at radius 1 is 1.29 bits per heavy atom. The van der Waals surface area contributed by atoms with Crippen LogP contribution in [0.1, 0.15) is 10.4 Å². The largest absolute Gasteiger partial charge is 0.496 e. The molecule has 2 aromatic carbocycles. The number of nitro groups is 1. The quantitative estimate of drug-likeness (QED) is 0.647. The van der Waals surface area contributed by atoms with Gasteiger partial charge in [-0.25, -0.2) is 4.79 Å². The summed E-state index contributed by atoms with van der Waals surface area (Å²) >= 11 is 0. The van der Waals surface area contributed by atoms with Crippen molar-refractivity contribution in [2.75, 3.05) is 12.4 Å². The Labute approximate surface area is 119 Å². The van der Waals surface area contributed by atoms with Crippen molar-refractivity contribution < 1.29 is 19.6 Å². The number of carboxylic acid groups (broad SMARTS) is 1. The van der Waals surface area contributed by atoms with Gasteiger partial charge in [-0.3, -0.25) is 10.1 Å². The molecule has 108 valence electrons. The molecule has 0 fully saturated rings. The highest BCUT2D eigenvalue weighted by Gasteiger charge is 2.15. The number of nitrogens with zero attached hydrogens (tertiary/aromatic N) is 1. The molecular weight excluding hydrogens is 276 g/mol. The minimum absolute atomic E-state index is 0.0191. The van der Waals surface area contributed by atoms with Crippen LogP contribution in [-0.4, -0.2) is 23.1 Å². The van der Waals surface area contributed by atoms with Crippen LogP contribution in [-0.2, 0) is 0 Å². The number of carbonyl (C=O) groups is 1. The molecule has 21 heavy (non-hydrogen) atoms. The fraction of sp³-hybridized carbons (Fsp3) is 0.0714. The molecule has 2 N–H and O–H groups in total. The third kappa shape index (κ3) is 3.08. The molecule has 0 radical (unpaired) electrons. The maximum Gasteiger partial charge on any atom is 0.339 e. The van der Waals surface area contributed by atoms with Crippen LogP contribution in [0.15, 0.2) is 42.5 Å². The molecule has 0 heterocycles. The standard InChI is InChI=1S/C14H12N2O5/c1-21-13-8-9(6-7-10(13)14(17)18)15-11-4-2-3-5-12(11)16(19)20/h2-8,15H,1H3,(H,17,18). The molecule has 0 saturated carbocycles. The van der Waals surface area contributed by atoms with E-state index in [9.17, 15) is 14.9 Å². The molecule has 0 aliphatic heterocycles. The summed E-state index contributed by atoms with van der Waals surface area (Å²) in [5, 5.41) is 22.8. The summed E-state index contributed by atoms with van der Waals surface area (Å²) in [6, 6.07) is 10.5. The first-order chi connectivity index (χ1) is 10.0. The Kier molecular flexibility index (Phi) is 4.03. The van der Waals surface area contributed by atoms with Gasteiger partial charge in [-0.05, 0) is 18.2 Å². The number of anilines is 2. The van der Waals surface area contributed by atoms with Crippen molar-refractivity contribution in [3.8, 4) is 5.75 Å². The second kappa shape index (κ2) is 5.91. The summed E-state index contributed by atoms with van der Waals surface area (Å²) < 4.78 is 5.01. The van der Waals surface area contributed by atoms with E-state index in [1.165, 1.54) is 31.4 Å². The highest BCUT2D eigenvalue weighted by molar-refractivity contribution is 5.91. The molecule has 0 aliphatic carbocycles. The molecule has 0 bridgehead atoms. The minimum Gasteiger partial charge on any atom is -0.496 e. The predicted molar refractivity (Wildman–Crippen MR) is 76.3 cm³/mol. The molecule has 0 unspecified atom stereocenters. The molecular formula is C14H12N2O5. The molecule has 0 amide bonds. The van der Waals surface area contributed by atoms with E-state index in [0.29, 0.717) is 11.4 Å².